The van der Waals surface area contributed by atoms with Gasteiger partial charge in [0.1, 0.15) is 5.82 Å². The van der Waals surface area contributed by atoms with Crippen LogP contribution in [0.25, 0.3) is 11.4 Å². The SMILES string of the molecule is CCCc1cc(NCC)nc(-c2cscc2Br)n1. The molecule has 2 heterocycles. The van der Waals surface area contributed by atoms with Gasteiger partial charge < -0.3 is 5.32 Å². The van der Waals surface area contributed by atoms with Gasteiger partial charge in [-0.2, -0.15) is 11.3 Å². The lowest BCUT2D eigenvalue weighted by Crippen LogP contribution is -2.04. The Morgan fingerprint density at radius 1 is 1.28 bits per heavy atom. The van der Waals surface area contributed by atoms with Gasteiger partial charge in [0.05, 0.1) is 0 Å². The molecule has 0 bridgehead atoms. The Morgan fingerprint density at radius 2 is 2.11 bits per heavy atom. The van der Waals surface area contributed by atoms with Gasteiger partial charge in [-0.25, -0.2) is 9.97 Å². The van der Waals surface area contributed by atoms with Gasteiger partial charge in [0.25, 0.3) is 0 Å². The summed E-state index contributed by atoms with van der Waals surface area (Å²) in [4.78, 5) is 9.20. The summed E-state index contributed by atoms with van der Waals surface area (Å²) < 4.78 is 1.06. The lowest BCUT2D eigenvalue weighted by Gasteiger charge is -2.08. The highest BCUT2D eigenvalue weighted by Gasteiger charge is 2.10. The summed E-state index contributed by atoms with van der Waals surface area (Å²) in [7, 11) is 0. The summed E-state index contributed by atoms with van der Waals surface area (Å²) in [6.07, 6.45) is 2.07. The minimum absolute atomic E-state index is 0.796. The van der Waals surface area contributed by atoms with Crippen LogP contribution in [0.2, 0.25) is 0 Å². The molecule has 0 radical (unpaired) electrons. The second-order valence-electron chi connectivity index (χ2n) is 3.98. The van der Waals surface area contributed by atoms with Gasteiger partial charge in [0.2, 0.25) is 0 Å². The van der Waals surface area contributed by atoms with Crippen LogP contribution in [0.15, 0.2) is 21.3 Å². The maximum atomic E-state index is 4.63. The fraction of sp³-hybridized carbons (Fsp3) is 0.385. The van der Waals surface area contributed by atoms with Crippen LogP contribution in [0.1, 0.15) is 26.0 Å². The quantitative estimate of drug-likeness (QED) is 0.887. The highest BCUT2D eigenvalue weighted by Crippen LogP contribution is 2.30. The molecule has 5 heteroatoms. The van der Waals surface area contributed by atoms with Crippen molar-refractivity contribution in [2.24, 2.45) is 0 Å². The van der Waals surface area contributed by atoms with Gasteiger partial charge in [-0.1, -0.05) is 13.3 Å². The van der Waals surface area contributed by atoms with Crippen LogP contribution >= 0.6 is 27.3 Å². The van der Waals surface area contributed by atoms with Gasteiger partial charge in [-0.15, -0.1) is 0 Å². The zero-order valence-corrected chi connectivity index (χ0v) is 12.9. The number of thiophene rings is 1. The highest BCUT2D eigenvalue weighted by atomic mass is 79.9. The van der Waals surface area contributed by atoms with Crippen molar-refractivity contribution in [2.45, 2.75) is 26.7 Å². The first-order valence-electron chi connectivity index (χ1n) is 6.08. The predicted octanol–water partition coefficient (Wildman–Crippen LogP) is 4.35. The molecule has 96 valence electrons. The molecule has 2 aromatic rings. The second-order valence-corrected chi connectivity index (χ2v) is 5.58. The van der Waals surface area contributed by atoms with Crippen LogP contribution in [0.3, 0.4) is 0 Å². The third kappa shape index (κ3) is 3.09. The first-order valence-corrected chi connectivity index (χ1v) is 7.82. The highest BCUT2D eigenvalue weighted by molar-refractivity contribution is 9.10. The monoisotopic (exact) mass is 325 g/mol. The van der Waals surface area contributed by atoms with E-state index in [1.807, 2.05) is 6.07 Å². The van der Waals surface area contributed by atoms with Crippen molar-refractivity contribution in [1.29, 1.82) is 0 Å². The number of aromatic nitrogens is 2. The third-order valence-electron chi connectivity index (χ3n) is 2.50. The van der Waals surface area contributed by atoms with E-state index in [2.05, 4.69) is 55.8 Å². The van der Waals surface area contributed by atoms with E-state index >= 15 is 0 Å². The predicted molar refractivity (Wildman–Crippen MR) is 81.2 cm³/mol. The van der Waals surface area contributed by atoms with Gasteiger partial charge >= 0.3 is 0 Å². The van der Waals surface area contributed by atoms with Crippen LogP contribution in [-0.2, 0) is 6.42 Å². The smallest absolute Gasteiger partial charge is 0.163 e. The first kappa shape index (κ1) is 13.5. The molecule has 0 saturated heterocycles. The van der Waals surface area contributed by atoms with Gasteiger partial charge in [-0.05, 0) is 29.3 Å². The second kappa shape index (κ2) is 6.29. The molecule has 0 aliphatic heterocycles. The van der Waals surface area contributed by atoms with Crippen molar-refractivity contribution < 1.29 is 0 Å². The van der Waals surface area contributed by atoms with E-state index in [0.29, 0.717) is 0 Å². The number of aryl methyl sites for hydroxylation is 1. The summed E-state index contributed by atoms with van der Waals surface area (Å²) in [6.45, 7) is 5.10. The molecule has 0 atom stereocenters. The van der Waals surface area contributed by atoms with E-state index in [-0.39, 0.29) is 0 Å². The Hall–Kier alpha value is -0.940. The number of hydrogen-bond acceptors (Lipinski definition) is 4. The van der Waals surface area contributed by atoms with Crippen molar-refractivity contribution in [2.75, 3.05) is 11.9 Å². The minimum Gasteiger partial charge on any atom is -0.370 e. The Labute approximate surface area is 120 Å². The maximum absolute atomic E-state index is 4.63. The van der Waals surface area contributed by atoms with Gasteiger partial charge in [0, 0.05) is 39.1 Å². The average Bonchev–Trinajstić information content (AvgIpc) is 2.76. The molecular weight excluding hydrogens is 310 g/mol. The van der Waals surface area contributed by atoms with Gasteiger partial charge in [-0.3, -0.25) is 0 Å². The molecule has 0 aliphatic rings. The van der Waals surface area contributed by atoms with Crippen LogP contribution in [-0.4, -0.2) is 16.5 Å². The summed E-state index contributed by atoms with van der Waals surface area (Å²) in [6, 6.07) is 2.04. The van der Waals surface area contributed by atoms with Crippen LogP contribution in [0.4, 0.5) is 5.82 Å². The van der Waals surface area contributed by atoms with E-state index in [4.69, 9.17) is 0 Å². The van der Waals surface area contributed by atoms with Crippen LogP contribution < -0.4 is 5.32 Å². The number of hydrogen-bond donors (Lipinski definition) is 1. The first-order chi connectivity index (χ1) is 8.74. The number of anilines is 1. The lowest BCUT2D eigenvalue weighted by atomic mass is 10.2. The summed E-state index contributed by atoms with van der Waals surface area (Å²) in [5.74, 6) is 1.70. The largest absolute Gasteiger partial charge is 0.370 e. The Bertz CT molecular complexity index is 500. The molecule has 0 fully saturated rings. The molecule has 2 rings (SSSR count). The summed E-state index contributed by atoms with van der Waals surface area (Å²) in [5, 5.41) is 7.39. The topological polar surface area (TPSA) is 37.8 Å². The number of nitrogens with one attached hydrogen (secondary N) is 1. The zero-order valence-electron chi connectivity index (χ0n) is 10.5. The molecule has 1 N–H and O–H groups in total. The van der Waals surface area contributed by atoms with E-state index in [1.165, 1.54) is 0 Å². The van der Waals surface area contributed by atoms with Crippen molar-refractivity contribution >= 4 is 33.1 Å². The van der Waals surface area contributed by atoms with Crippen molar-refractivity contribution in [3.63, 3.8) is 0 Å². The number of rotatable bonds is 5. The molecule has 3 nitrogen and oxygen atoms in total. The van der Waals surface area contributed by atoms with Crippen LogP contribution in [0, 0.1) is 0 Å². The molecule has 0 aromatic carbocycles. The molecule has 2 aromatic heterocycles. The van der Waals surface area contributed by atoms with E-state index in [1.54, 1.807) is 11.3 Å². The van der Waals surface area contributed by atoms with Crippen LogP contribution in [0.5, 0.6) is 0 Å². The summed E-state index contributed by atoms with van der Waals surface area (Å²) >= 11 is 5.19. The number of halogens is 1. The van der Waals surface area contributed by atoms with Crippen molar-refractivity contribution in [3.8, 4) is 11.4 Å². The summed E-state index contributed by atoms with van der Waals surface area (Å²) in [5.41, 5.74) is 2.16. The molecule has 18 heavy (non-hydrogen) atoms. The average molecular weight is 326 g/mol. The Morgan fingerprint density at radius 3 is 2.72 bits per heavy atom. The maximum Gasteiger partial charge on any atom is 0.163 e. The lowest BCUT2D eigenvalue weighted by molar-refractivity contribution is 0.875. The zero-order chi connectivity index (χ0) is 13.0. The van der Waals surface area contributed by atoms with E-state index in [9.17, 15) is 0 Å². The molecule has 0 spiro atoms. The fourth-order valence-corrected chi connectivity index (χ4v) is 3.16. The molecular formula is C13H16BrN3S. The van der Waals surface area contributed by atoms with E-state index in [0.717, 1.165) is 46.8 Å². The number of nitrogens with zero attached hydrogens (tertiary/aromatic N) is 2. The van der Waals surface area contributed by atoms with Gasteiger partial charge in [0.15, 0.2) is 5.82 Å². The Kier molecular flexibility index (Phi) is 4.72. The molecule has 0 unspecified atom stereocenters. The normalized spacial score (nSPS) is 10.6. The van der Waals surface area contributed by atoms with Crippen molar-refractivity contribution in [3.05, 3.63) is 27.0 Å². The third-order valence-corrected chi connectivity index (χ3v) is 4.20. The molecule has 0 amide bonds. The standard InChI is InChI=1S/C13H16BrN3S/c1-3-5-9-6-12(15-4-2)17-13(16-9)10-7-18-8-11(10)14/h6-8H,3-5H2,1-2H3,(H,15,16,17). The Balaban J connectivity index is 2.42. The van der Waals surface area contributed by atoms with E-state index < -0.39 is 0 Å². The minimum atomic E-state index is 0.796. The molecule has 0 aliphatic carbocycles. The fourth-order valence-electron chi connectivity index (χ4n) is 1.71. The van der Waals surface area contributed by atoms with Crippen molar-refractivity contribution in [1.82, 2.24) is 9.97 Å². The molecule has 0 saturated carbocycles.